The summed E-state index contributed by atoms with van der Waals surface area (Å²) < 4.78 is 6.12. The minimum atomic E-state index is 0.0240. The summed E-state index contributed by atoms with van der Waals surface area (Å²) in [6.45, 7) is 6.87. The van der Waals surface area contributed by atoms with Crippen molar-refractivity contribution in [2.75, 3.05) is 44.7 Å². The Morgan fingerprint density at radius 2 is 2.00 bits per heavy atom. The van der Waals surface area contributed by atoms with Crippen LogP contribution in [0.25, 0.3) is 0 Å². The van der Waals surface area contributed by atoms with Crippen molar-refractivity contribution < 1.29 is 4.74 Å². The van der Waals surface area contributed by atoms with Gasteiger partial charge in [-0.15, -0.1) is 0 Å². The van der Waals surface area contributed by atoms with E-state index in [1.165, 1.54) is 0 Å². The van der Waals surface area contributed by atoms with E-state index in [0.29, 0.717) is 0 Å². The summed E-state index contributed by atoms with van der Waals surface area (Å²) in [5.74, 6) is 0.988. The third kappa shape index (κ3) is 2.72. The molecule has 2 fully saturated rings. The standard InChI is InChI=1S/C14H22N4O/c1-12-9-15-10-13(16-12)18-7-8-19-14(11-18)3-5-17(2)6-4-14/h9-10H,3-8,11H2,1-2H3. The SMILES string of the molecule is Cc1cncc(N2CCOC3(CCN(C)CC3)C2)n1. The minimum absolute atomic E-state index is 0.0240. The Morgan fingerprint density at radius 3 is 2.74 bits per heavy atom. The maximum Gasteiger partial charge on any atom is 0.147 e. The minimum Gasteiger partial charge on any atom is -0.371 e. The molecular weight excluding hydrogens is 240 g/mol. The first-order valence-corrected chi connectivity index (χ1v) is 7.03. The van der Waals surface area contributed by atoms with E-state index in [1.807, 2.05) is 13.1 Å². The molecule has 0 amide bonds. The van der Waals surface area contributed by atoms with E-state index < -0.39 is 0 Å². The Balaban J connectivity index is 1.74. The summed E-state index contributed by atoms with van der Waals surface area (Å²) in [7, 11) is 2.18. The zero-order chi connectivity index (χ0) is 13.3. The number of hydrogen-bond acceptors (Lipinski definition) is 5. The van der Waals surface area contributed by atoms with Gasteiger partial charge in [0, 0.05) is 32.4 Å². The van der Waals surface area contributed by atoms with Crippen LogP contribution in [0.4, 0.5) is 5.82 Å². The van der Waals surface area contributed by atoms with Crippen molar-refractivity contribution in [1.29, 1.82) is 0 Å². The number of aromatic nitrogens is 2. The maximum absolute atomic E-state index is 6.12. The lowest BCUT2D eigenvalue weighted by atomic mass is 9.89. The number of morpholine rings is 1. The third-order valence-electron chi connectivity index (χ3n) is 4.21. The number of likely N-dealkylation sites (tertiary alicyclic amines) is 1. The van der Waals surface area contributed by atoms with E-state index in [2.05, 4.69) is 26.8 Å². The zero-order valence-electron chi connectivity index (χ0n) is 11.8. The fourth-order valence-electron chi connectivity index (χ4n) is 2.97. The molecule has 0 radical (unpaired) electrons. The van der Waals surface area contributed by atoms with E-state index >= 15 is 0 Å². The lowest BCUT2D eigenvalue weighted by Crippen LogP contribution is -2.56. The third-order valence-corrected chi connectivity index (χ3v) is 4.21. The summed E-state index contributed by atoms with van der Waals surface area (Å²) in [5.41, 5.74) is 0.998. The number of hydrogen-bond donors (Lipinski definition) is 0. The molecule has 1 spiro atoms. The van der Waals surface area contributed by atoms with E-state index in [9.17, 15) is 0 Å². The summed E-state index contributed by atoms with van der Waals surface area (Å²) in [5, 5.41) is 0. The normalized spacial score (nSPS) is 23.8. The van der Waals surface area contributed by atoms with Gasteiger partial charge in [0.25, 0.3) is 0 Å². The van der Waals surface area contributed by atoms with Crippen LogP contribution in [0.2, 0.25) is 0 Å². The molecule has 2 saturated heterocycles. The average Bonchev–Trinajstić information content (AvgIpc) is 2.43. The van der Waals surface area contributed by atoms with Gasteiger partial charge in [0.05, 0.1) is 24.1 Å². The monoisotopic (exact) mass is 262 g/mol. The van der Waals surface area contributed by atoms with Crippen molar-refractivity contribution in [1.82, 2.24) is 14.9 Å². The Bertz CT molecular complexity index is 443. The number of ether oxygens (including phenoxy) is 1. The highest BCUT2D eigenvalue weighted by Gasteiger charge is 2.39. The van der Waals surface area contributed by atoms with Crippen LogP contribution in [0.3, 0.4) is 0 Å². The van der Waals surface area contributed by atoms with Crippen LogP contribution in [0.1, 0.15) is 18.5 Å². The van der Waals surface area contributed by atoms with Crippen LogP contribution >= 0.6 is 0 Å². The smallest absolute Gasteiger partial charge is 0.147 e. The molecule has 3 rings (SSSR count). The highest BCUT2D eigenvalue weighted by atomic mass is 16.5. The van der Waals surface area contributed by atoms with Crippen molar-refractivity contribution in [3.05, 3.63) is 18.1 Å². The molecule has 0 atom stereocenters. The maximum atomic E-state index is 6.12. The molecule has 2 aliphatic rings. The van der Waals surface area contributed by atoms with Gasteiger partial charge in [-0.3, -0.25) is 4.98 Å². The van der Waals surface area contributed by atoms with Gasteiger partial charge >= 0.3 is 0 Å². The first-order valence-electron chi connectivity index (χ1n) is 7.03. The van der Waals surface area contributed by atoms with Crippen LogP contribution in [-0.4, -0.2) is 60.3 Å². The van der Waals surface area contributed by atoms with E-state index in [-0.39, 0.29) is 5.60 Å². The van der Waals surface area contributed by atoms with Gasteiger partial charge < -0.3 is 14.5 Å². The fourth-order valence-corrected chi connectivity index (χ4v) is 2.97. The molecule has 1 aromatic heterocycles. The van der Waals surface area contributed by atoms with Gasteiger partial charge in [0.15, 0.2) is 0 Å². The Kier molecular flexibility index (Phi) is 3.41. The summed E-state index contributed by atoms with van der Waals surface area (Å²) in [6.07, 6.45) is 5.88. The fraction of sp³-hybridized carbons (Fsp3) is 0.714. The van der Waals surface area contributed by atoms with Gasteiger partial charge in [-0.1, -0.05) is 0 Å². The molecule has 3 heterocycles. The van der Waals surface area contributed by atoms with E-state index in [4.69, 9.17) is 4.74 Å². The average molecular weight is 262 g/mol. The summed E-state index contributed by atoms with van der Waals surface area (Å²) in [6, 6.07) is 0. The second-order valence-electron chi connectivity index (χ2n) is 5.77. The number of nitrogens with zero attached hydrogens (tertiary/aromatic N) is 4. The molecule has 5 heteroatoms. The lowest BCUT2D eigenvalue weighted by Gasteiger charge is -2.47. The van der Waals surface area contributed by atoms with Crippen LogP contribution in [-0.2, 0) is 4.74 Å². The van der Waals surface area contributed by atoms with Crippen LogP contribution in [0, 0.1) is 6.92 Å². The molecule has 0 N–H and O–H groups in total. The van der Waals surface area contributed by atoms with Crippen LogP contribution in [0.5, 0.6) is 0 Å². The number of aryl methyl sites for hydroxylation is 1. The predicted molar refractivity (Wildman–Crippen MR) is 74.4 cm³/mol. The Labute approximate surface area is 114 Å². The number of anilines is 1. The highest BCUT2D eigenvalue weighted by molar-refractivity contribution is 5.37. The summed E-state index contributed by atoms with van der Waals surface area (Å²) in [4.78, 5) is 13.5. The summed E-state index contributed by atoms with van der Waals surface area (Å²) >= 11 is 0. The van der Waals surface area contributed by atoms with Crippen molar-refractivity contribution in [2.24, 2.45) is 0 Å². The molecule has 2 aliphatic heterocycles. The van der Waals surface area contributed by atoms with Gasteiger partial charge in [0.1, 0.15) is 5.82 Å². The number of piperidine rings is 1. The molecular formula is C14H22N4O. The highest BCUT2D eigenvalue weighted by Crippen LogP contribution is 2.31. The Morgan fingerprint density at radius 1 is 1.21 bits per heavy atom. The quantitative estimate of drug-likeness (QED) is 0.758. The predicted octanol–water partition coefficient (Wildman–Crippen LogP) is 1.09. The second kappa shape index (κ2) is 5.06. The van der Waals surface area contributed by atoms with Gasteiger partial charge in [-0.05, 0) is 26.8 Å². The van der Waals surface area contributed by atoms with Crippen molar-refractivity contribution in [3.63, 3.8) is 0 Å². The number of rotatable bonds is 1. The molecule has 5 nitrogen and oxygen atoms in total. The van der Waals surface area contributed by atoms with E-state index in [0.717, 1.165) is 57.1 Å². The van der Waals surface area contributed by atoms with Crippen LogP contribution in [0.15, 0.2) is 12.4 Å². The van der Waals surface area contributed by atoms with Gasteiger partial charge in [-0.2, -0.15) is 0 Å². The van der Waals surface area contributed by atoms with Gasteiger partial charge in [-0.25, -0.2) is 4.98 Å². The molecule has 0 aromatic carbocycles. The second-order valence-corrected chi connectivity index (χ2v) is 5.77. The molecule has 19 heavy (non-hydrogen) atoms. The lowest BCUT2D eigenvalue weighted by molar-refractivity contribution is -0.0884. The molecule has 0 bridgehead atoms. The molecule has 0 aliphatic carbocycles. The molecule has 104 valence electrons. The zero-order valence-corrected chi connectivity index (χ0v) is 11.8. The molecule has 0 unspecified atom stereocenters. The van der Waals surface area contributed by atoms with Crippen molar-refractivity contribution in [3.8, 4) is 0 Å². The molecule has 0 saturated carbocycles. The van der Waals surface area contributed by atoms with Crippen molar-refractivity contribution >= 4 is 5.82 Å². The largest absolute Gasteiger partial charge is 0.371 e. The topological polar surface area (TPSA) is 41.5 Å². The molecule has 1 aromatic rings. The Hall–Kier alpha value is -1.20. The first kappa shape index (κ1) is 12.8. The van der Waals surface area contributed by atoms with Gasteiger partial charge in [0.2, 0.25) is 0 Å². The van der Waals surface area contributed by atoms with Crippen molar-refractivity contribution in [2.45, 2.75) is 25.4 Å². The van der Waals surface area contributed by atoms with E-state index in [1.54, 1.807) is 6.20 Å². The first-order chi connectivity index (χ1) is 9.17. The van der Waals surface area contributed by atoms with Crippen LogP contribution < -0.4 is 4.90 Å².